The quantitative estimate of drug-likeness (QED) is 0.410. The molecule has 0 aromatic heterocycles. The second kappa shape index (κ2) is 10.8. The van der Waals surface area contributed by atoms with E-state index in [1.54, 1.807) is 0 Å². The molecule has 2 fully saturated rings. The summed E-state index contributed by atoms with van der Waals surface area (Å²) in [6.45, 7) is 17.6. The van der Waals surface area contributed by atoms with Gasteiger partial charge in [0.15, 0.2) is 5.96 Å². The molecule has 6 nitrogen and oxygen atoms in total. The van der Waals surface area contributed by atoms with Crippen molar-refractivity contribution < 1.29 is 4.74 Å². The molecule has 0 saturated carbocycles. The zero-order valence-electron chi connectivity index (χ0n) is 16.4. The van der Waals surface area contributed by atoms with Gasteiger partial charge in [0.2, 0.25) is 0 Å². The average Bonchev–Trinajstić information content (AvgIpc) is 2.60. The summed E-state index contributed by atoms with van der Waals surface area (Å²) < 4.78 is 5.42. The molecule has 0 amide bonds. The molecule has 25 heavy (non-hydrogen) atoms. The maximum absolute atomic E-state index is 5.42. The third-order valence-corrected chi connectivity index (χ3v) is 4.94. The highest BCUT2D eigenvalue weighted by atomic mass is 16.5. The molecule has 0 aromatic carbocycles. The Morgan fingerprint density at radius 3 is 2.48 bits per heavy atom. The van der Waals surface area contributed by atoms with Crippen LogP contribution in [-0.4, -0.2) is 87.9 Å². The molecule has 144 valence electrons. The first-order chi connectivity index (χ1) is 12.1. The number of morpholine rings is 1. The molecule has 0 aromatic rings. The molecule has 1 unspecified atom stereocenters. The molecule has 0 bridgehead atoms. The van der Waals surface area contributed by atoms with Crippen molar-refractivity contribution in [3.05, 3.63) is 12.2 Å². The van der Waals surface area contributed by atoms with Crippen molar-refractivity contribution in [3.8, 4) is 0 Å². The van der Waals surface area contributed by atoms with E-state index in [9.17, 15) is 0 Å². The lowest BCUT2D eigenvalue weighted by Gasteiger charge is -2.33. The van der Waals surface area contributed by atoms with Crippen LogP contribution in [-0.2, 0) is 4.74 Å². The maximum atomic E-state index is 5.42. The lowest BCUT2D eigenvalue weighted by atomic mass is 10.0. The predicted octanol–water partition coefficient (Wildman–Crippen LogP) is 1.16. The number of ether oxygens (including phenoxy) is 1. The van der Waals surface area contributed by atoms with Gasteiger partial charge in [-0.15, -0.1) is 0 Å². The Hall–Kier alpha value is -1.11. The highest BCUT2D eigenvalue weighted by molar-refractivity contribution is 5.79. The van der Waals surface area contributed by atoms with Crippen LogP contribution < -0.4 is 10.6 Å². The van der Waals surface area contributed by atoms with Gasteiger partial charge in [-0.25, -0.2) is 0 Å². The molecule has 6 heteroatoms. The summed E-state index contributed by atoms with van der Waals surface area (Å²) in [4.78, 5) is 9.38. The highest BCUT2D eigenvalue weighted by Crippen LogP contribution is 2.11. The number of hydrogen-bond donors (Lipinski definition) is 2. The van der Waals surface area contributed by atoms with Crippen molar-refractivity contribution in [3.63, 3.8) is 0 Å². The van der Waals surface area contributed by atoms with Gasteiger partial charge in [0.25, 0.3) is 0 Å². The van der Waals surface area contributed by atoms with Crippen molar-refractivity contribution in [2.75, 3.05) is 66.1 Å². The third kappa shape index (κ3) is 7.75. The minimum absolute atomic E-state index is 0.516. The van der Waals surface area contributed by atoms with Crippen LogP contribution in [0.1, 0.15) is 26.7 Å². The minimum atomic E-state index is 0.516. The monoisotopic (exact) mass is 351 g/mol. The standard InChI is InChI=1S/C19H37N5O/c1-16(2)14-23-7-5-18(6-8-23)22-19(20-4)21-13-17(3)15-24-9-11-25-12-10-24/h17-18H,1,5-15H2,2-4H3,(H2,20,21,22). The van der Waals surface area contributed by atoms with Crippen LogP contribution in [0, 0.1) is 5.92 Å². The summed E-state index contributed by atoms with van der Waals surface area (Å²) in [7, 11) is 1.86. The van der Waals surface area contributed by atoms with E-state index in [1.165, 1.54) is 5.57 Å². The van der Waals surface area contributed by atoms with E-state index >= 15 is 0 Å². The third-order valence-electron chi connectivity index (χ3n) is 4.94. The molecule has 0 aliphatic carbocycles. The van der Waals surface area contributed by atoms with Crippen LogP contribution in [0.4, 0.5) is 0 Å². The molecule has 1 atom stereocenters. The summed E-state index contributed by atoms with van der Waals surface area (Å²) in [6.07, 6.45) is 2.33. The highest BCUT2D eigenvalue weighted by Gasteiger charge is 2.20. The van der Waals surface area contributed by atoms with E-state index in [2.05, 4.69) is 45.9 Å². The molecule has 0 spiro atoms. The largest absolute Gasteiger partial charge is 0.379 e. The number of likely N-dealkylation sites (tertiary alicyclic amines) is 1. The lowest BCUT2D eigenvalue weighted by Crippen LogP contribution is -2.50. The van der Waals surface area contributed by atoms with Crippen LogP contribution in [0.3, 0.4) is 0 Å². The van der Waals surface area contributed by atoms with Gasteiger partial charge >= 0.3 is 0 Å². The van der Waals surface area contributed by atoms with Gasteiger partial charge in [0.1, 0.15) is 0 Å². The van der Waals surface area contributed by atoms with Gasteiger partial charge < -0.3 is 15.4 Å². The van der Waals surface area contributed by atoms with Crippen LogP contribution in [0.15, 0.2) is 17.1 Å². The molecule has 0 radical (unpaired) electrons. The molecule has 2 heterocycles. The Morgan fingerprint density at radius 1 is 1.20 bits per heavy atom. The summed E-state index contributed by atoms with van der Waals surface area (Å²) in [6, 6.07) is 0.516. The fraction of sp³-hybridized carbons (Fsp3) is 0.842. The number of nitrogens with zero attached hydrogens (tertiary/aromatic N) is 3. The molecule has 2 aliphatic heterocycles. The number of aliphatic imine (C=N–C) groups is 1. The van der Waals surface area contributed by atoms with E-state index in [-0.39, 0.29) is 0 Å². The normalized spacial score (nSPS) is 22.6. The first-order valence-electron chi connectivity index (χ1n) is 9.71. The summed E-state index contributed by atoms with van der Waals surface area (Å²) >= 11 is 0. The van der Waals surface area contributed by atoms with Crippen molar-refractivity contribution in [1.29, 1.82) is 0 Å². The SMILES string of the molecule is C=C(C)CN1CCC(NC(=NC)NCC(C)CN2CCOCC2)CC1. The number of hydrogen-bond acceptors (Lipinski definition) is 4. The number of guanidine groups is 1. The number of nitrogens with one attached hydrogen (secondary N) is 2. The van der Waals surface area contributed by atoms with Crippen LogP contribution in [0.2, 0.25) is 0 Å². The Kier molecular flexibility index (Phi) is 8.72. The first-order valence-corrected chi connectivity index (χ1v) is 9.71. The molecule has 2 N–H and O–H groups in total. The first kappa shape index (κ1) is 20.2. The zero-order valence-corrected chi connectivity index (χ0v) is 16.4. The van der Waals surface area contributed by atoms with Crippen molar-refractivity contribution in [1.82, 2.24) is 20.4 Å². The van der Waals surface area contributed by atoms with Crippen molar-refractivity contribution >= 4 is 5.96 Å². The molecule has 2 rings (SSSR count). The number of rotatable bonds is 7. The van der Waals surface area contributed by atoms with Gasteiger partial charge in [0.05, 0.1) is 13.2 Å². The van der Waals surface area contributed by atoms with Crippen molar-refractivity contribution in [2.45, 2.75) is 32.7 Å². The smallest absolute Gasteiger partial charge is 0.191 e. The van der Waals surface area contributed by atoms with Crippen LogP contribution in [0.25, 0.3) is 0 Å². The van der Waals surface area contributed by atoms with Crippen LogP contribution in [0.5, 0.6) is 0 Å². The topological polar surface area (TPSA) is 52.1 Å². The second-order valence-electron chi connectivity index (χ2n) is 7.62. The number of piperidine rings is 1. The summed E-state index contributed by atoms with van der Waals surface area (Å²) in [5.74, 6) is 1.53. The zero-order chi connectivity index (χ0) is 18.1. The molecular weight excluding hydrogens is 314 g/mol. The Balaban J connectivity index is 1.64. The van der Waals surface area contributed by atoms with Crippen LogP contribution >= 0.6 is 0 Å². The fourth-order valence-corrected chi connectivity index (χ4v) is 3.57. The predicted molar refractivity (Wildman–Crippen MR) is 105 cm³/mol. The summed E-state index contributed by atoms with van der Waals surface area (Å²) in [5, 5.41) is 7.10. The van der Waals surface area contributed by atoms with E-state index in [0.717, 1.165) is 77.8 Å². The van der Waals surface area contributed by atoms with E-state index in [1.807, 2.05) is 7.05 Å². The van der Waals surface area contributed by atoms with Gasteiger partial charge in [-0.3, -0.25) is 14.8 Å². The Bertz CT molecular complexity index is 426. The summed E-state index contributed by atoms with van der Waals surface area (Å²) in [5.41, 5.74) is 1.25. The van der Waals surface area contributed by atoms with E-state index in [0.29, 0.717) is 12.0 Å². The van der Waals surface area contributed by atoms with Gasteiger partial charge in [-0.2, -0.15) is 0 Å². The Labute approximate surface area is 153 Å². The average molecular weight is 352 g/mol. The van der Waals surface area contributed by atoms with Gasteiger partial charge in [-0.05, 0) is 25.7 Å². The lowest BCUT2D eigenvalue weighted by molar-refractivity contribution is 0.0320. The minimum Gasteiger partial charge on any atom is -0.379 e. The Morgan fingerprint density at radius 2 is 1.88 bits per heavy atom. The van der Waals surface area contributed by atoms with Gasteiger partial charge in [0, 0.05) is 58.9 Å². The van der Waals surface area contributed by atoms with E-state index in [4.69, 9.17) is 4.74 Å². The molecule has 2 saturated heterocycles. The van der Waals surface area contributed by atoms with Crippen molar-refractivity contribution in [2.24, 2.45) is 10.9 Å². The fourth-order valence-electron chi connectivity index (χ4n) is 3.57. The maximum Gasteiger partial charge on any atom is 0.191 e. The molecule has 2 aliphatic rings. The van der Waals surface area contributed by atoms with Gasteiger partial charge in [-0.1, -0.05) is 19.1 Å². The second-order valence-corrected chi connectivity index (χ2v) is 7.62. The molecular formula is C19H37N5O. The van der Waals surface area contributed by atoms with E-state index < -0.39 is 0 Å².